The van der Waals surface area contributed by atoms with E-state index in [1.165, 1.54) is 0 Å². The lowest BCUT2D eigenvalue weighted by atomic mass is 9.94. The molecular formula is C15H18BrN3O2. The first kappa shape index (κ1) is 14.5. The molecular weight excluding hydrogens is 334 g/mol. The third kappa shape index (κ3) is 2.95. The van der Waals surface area contributed by atoms with E-state index in [0.717, 1.165) is 23.0 Å². The maximum absolute atomic E-state index is 12.8. The zero-order valence-corrected chi connectivity index (χ0v) is 13.5. The molecule has 1 aromatic heterocycles. The van der Waals surface area contributed by atoms with Gasteiger partial charge >= 0.3 is 0 Å². The van der Waals surface area contributed by atoms with Crippen LogP contribution in [0.25, 0.3) is 0 Å². The zero-order chi connectivity index (χ0) is 15.0. The van der Waals surface area contributed by atoms with E-state index < -0.39 is 5.54 Å². The molecule has 0 radical (unpaired) electrons. The van der Waals surface area contributed by atoms with Crippen molar-refractivity contribution < 1.29 is 9.59 Å². The lowest BCUT2D eigenvalue weighted by Crippen LogP contribution is -2.56. The summed E-state index contributed by atoms with van der Waals surface area (Å²) in [5.41, 5.74) is 0.0854. The average Bonchev–Trinajstić information content (AvgIpc) is 3.29. The fraction of sp³-hybridized carbons (Fsp3) is 0.533. The molecule has 1 N–H and O–H groups in total. The summed E-state index contributed by atoms with van der Waals surface area (Å²) in [6.45, 7) is 2.76. The molecule has 2 heterocycles. The summed E-state index contributed by atoms with van der Waals surface area (Å²) >= 11 is 3.35. The van der Waals surface area contributed by atoms with Gasteiger partial charge in [-0.3, -0.25) is 14.6 Å². The highest BCUT2D eigenvalue weighted by Crippen LogP contribution is 2.41. The van der Waals surface area contributed by atoms with E-state index in [1.807, 2.05) is 19.1 Å². The molecule has 1 aliphatic heterocycles. The Morgan fingerprint density at radius 3 is 2.81 bits per heavy atom. The van der Waals surface area contributed by atoms with Crippen LogP contribution in [-0.2, 0) is 16.1 Å². The summed E-state index contributed by atoms with van der Waals surface area (Å²) in [4.78, 5) is 30.8. The summed E-state index contributed by atoms with van der Waals surface area (Å²) in [6, 6.07) is 3.81. The highest BCUT2D eigenvalue weighted by atomic mass is 79.9. The summed E-state index contributed by atoms with van der Waals surface area (Å²) in [6.07, 6.45) is 4.09. The molecule has 1 unspecified atom stereocenters. The lowest BCUT2D eigenvalue weighted by molar-refractivity contribution is -0.139. The maximum Gasteiger partial charge on any atom is 0.248 e. The molecule has 3 rings (SSSR count). The number of hydrogen-bond acceptors (Lipinski definition) is 3. The van der Waals surface area contributed by atoms with E-state index in [1.54, 1.807) is 11.1 Å². The second-order valence-corrected chi connectivity index (χ2v) is 6.88. The fourth-order valence-electron chi connectivity index (χ4n) is 2.86. The number of rotatable bonds is 3. The summed E-state index contributed by atoms with van der Waals surface area (Å²) in [7, 11) is 0. The molecule has 2 fully saturated rings. The molecule has 5 nitrogen and oxygen atoms in total. The van der Waals surface area contributed by atoms with E-state index in [-0.39, 0.29) is 17.7 Å². The van der Waals surface area contributed by atoms with Gasteiger partial charge in [0.25, 0.3) is 0 Å². The van der Waals surface area contributed by atoms with Crippen LogP contribution >= 0.6 is 15.9 Å². The number of pyridine rings is 1. The Bertz CT molecular complexity index is 571. The van der Waals surface area contributed by atoms with Crippen LogP contribution in [0, 0.1) is 5.92 Å². The molecule has 1 atom stereocenters. The fourth-order valence-corrected chi connectivity index (χ4v) is 3.09. The van der Waals surface area contributed by atoms with Crippen LogP contribution < -0.4 is 5.32 Å². The van der Waals surface area contributed by atoms with Gasteiger partial charge in [0.2, 0.25) is 11.8 Å². The molecule has 0 aromatic carbocycles. The third-order valence-corrected chi connectivity index (χ3v) is 4.74. The van der Waals surface area contributed by atoms with Crippen molar-refractivity contribution in [2.24, 2.45) is 5.92 Å². The van der Waals surface area contributed by atoms with Gasteiger partial charge in [-0.2, -0.15) is 0 Å². The van der Waals surface area contributed by atoms with E-state index in [2.05, 4.69) is 26.2 Å². The predicted molar refractivity (Wildman–Crippen MR) is 81.2 cm³/mol. The van der Waals surface area contributed by atoms with Crippen LogP contribution in [0.3, 0.4) is 0 Å². The van der Waals surface area contributed by atoms with E-state index >= 15 is 0 Å². The molecule has 6 heteroatoms. The minimum atomic E-state index is -0.747. The van der Waals surface area contributed by atoms with Gasteiger partial charge in [-0.15, -0.1) is 0 Å². The van der Waals surface area contributed by atoms with Gasteiger partial charge in [-0.05, 0) is 53.7 Å². The van der Waals surface area contributed by atoms with E-state index in [0.29, 0.717) is 19.5 Å². The smallest absolute Gasteiger partial charge is 0.248 e. The van der Waals surface area contributed by atoms with Crippen molar-refractivity contribution in [1.29, 1.82) is 0 Å². The number of nitrogens with zero attached hydrogens (tertiary/aromatic N) is 2. The SMILES string of the molecule is CC1(C2CC2)NC(=O)CCN(Cc2ccc(Br)cn2)C1=O. The first-order valence-corrected chi connectivity index (χ1v) is 7.99. The molecule has 0 spiro atoms. The molecule has 1 aromatic rings. The van der Waals surface area contributed by atoms with Crippen LogP contribution in [0.2, 0.25) is 0 Å². The van der Waals surface area contributed by atoms with Crippen molar-refractivity contribution >= 4 is 27.7 Å². The van der Waals surface area contributed by atoms with Gasteiger partial charge in [0.1, 0.15) is 5.54 Å². The summed E-state index contributed by atoms with van der Waals surface area (Å²) < 4.78 is 0.910. The van der Waals surface area contributed by atoms with Crippen LogP contribution in [0.15, 0.2) is 22.8 Å². The number of amides is 2. The molecule has 0 bridgehead atoms. The molecule has 2 aliphatic rings. The minimum absolute atomic E-state index is 0.0144. The first-order chi connectivity index (χ1) is 9.99. The highest BCUT2D eigenvalue weighted by Gasteiger charge is 2.51. The van der Waals surface area contributed by atoms with Gasteiger partial charge in [0, 0.05) is 23.6 Å². The molecule has 2 amide bonds. The monoisotopic (exact) mass is 351 g/mol. The number of hydrogen-bond donors (Lipinski definition) is 1. The molecule has 112 valence electrons. The van der Waals surface area contributed by atoms with Gasteiger partial charge in [-0.25, -0.2) is 0 Å². The van der Waals surface area contributed by atoms with Crippen molar-refractivity contribution in [3.8, 4) is 0 Å². The highest BCUT2D eigenvalue weighted by molar-refractivity contribution is 9.10. The lowest BCUT2D eigenvalue weighted by Gasteiger charge is -2.32. The molecule has 21 heavy (non-hydrogen) atoms. The van der Waals surface area contributed by atoms with Crippen LogP contribution in [-0.4, -0.2) is 33.8 Å². The van der Waals surface area contributed by atoms with Crippen molar-refractivity contribution in [2.45, 2.75) is 38.3 Å². The van der Waals surface area contributed by atoms with Gasteiger partial charge in [-0.1, -0.05) is 0 Å². The number of aromatic nitrogens is 1. The number of carbonyl (C=O) groups excluding carboxylic acids is 2. The third-order valence-electron chi connectivity index (χ3n) is 4.27. The number of halogens is 1. The van der Waals surface area contributed by atoms with Crippen LogP contribution in [0.1, 0.15) is 31.9 Å². The molecule has 1 saturated heterocycles. The Morgan fingerprint density at radius 2 is 2.19 bits per heavy atom. The quantitative estimate of drug-likeness (QED) is 0.903. The minimum Gasteiger partial charge on any atom is -0.342 e. The Morgan fingerprint density at radius 1 is 1.43 bits per heavy atom. The standard InChI is InChI=1S/C15H18BrN3O2/c1-15(10-2-3-10)14(21)19(7-6-13(20)18-15)9-12-5-4-11(16)8-17-12/h4-5,8,10H,2-3,6-7,9H2,1H3,(H,18,20). The second kappa shape index (κ2) is 5.40. The van der Waals surface area contributed by atoms with Crippen LogP contribution in [0.4, 0.5) is 0 Å². The summed E-state index contributed by atoms with van der Waals surface area (Å²) in [5, 5.41) is 2.93. The van der Waals surface area contributed by atoms with Crippen LogP contribution in [0.5, 0.6) is 0 Å². The number of carbonyl (C=O) groups is 2. The second-order valence-electron chi connectivity index (χ2n) is 5.97. The predicted octanol–water partition coefficient (Wildman–Crippen LogP) is 1.86. The zero-order valence-electron chi connectivity index (χ0n) is 11.9. The average molecular weight is 352 g/mol. The van der Waals surface area contributed by atoms with E-state index in [4.69, 9.17) is 0 Å². The summed E-state index contributed by atoms with van der Waals surface area (Å²) in [5.74, 6) is 0.247. The molecule has 1 aliphatic carbocycles. The van der Waals surface area contributed by atoms with Crippen molar-refractivity contribution in [3.63, 3.8) is 0 Å². The van der Waals surface area contributed by atoms with Crippen molar-refractivity contribution in [3.05, 3.63) is 28.5 Å². The largest absolute Gasteiger partial charge is 0.342 e. The Kier molecular flexibility index (Phi) is 3.73. The Labute approximate surface area is 132 Å². The Balaban J connectivity index is 1.81. The normalized spacial score (nSPS) is 26.5. The topological polar surface area (TPSA) is 62.3 Å². The molecule has 1 saturated carbocycles. The van der Waals surface area contributed by atoms with Crippen molar-refractivity contribution in [2.75, 3.05) is 6.54 Å². The Hall–Kier alpha value is -1.43. The maximum atomic E-state index is 12.8. The number of nitrogens with one attached hydrogen (secondary N) is 1. The first-order valence-electron chi connectivity index (χ1n) is 7.20. The van der Waals surface area contributed by atoms with E-state index in [9.17, 15) is 9.59 Å². The van der Waals surface area contributed by atoms with Gasteiger partial charge in [0.15, 0.2) is 0 Å². The van der Waals surface area contributed by atoms with Crippen molar-refractivity contribution in [1.82, 2.24) is 15.2 Å². The van der Waals surface area contributed by atoms with Gasteiger partial charge in [0.05, 0.1) is 12.2 Å². The van der Waals surface area contributed by atoms with Gasteiger partial charge < -0.3 is 10.2 Å².